The van der Waals surface area contributed by atoms with Crippen molar-refractivity contribution in [1.29, 1.82) is 0 Å². The molecule has 1 aromatic carbocycles. The Labute approximate surface area is 205 Å². The second kappa shape index (κ2) is 8.55. The number of aromatic amines is 1. The molecule has 3 heterocycles. The van der Waals surface area contributed by atoms with Gasteiger partial charge in [-0.25, -0.2) is 9.97 Å². The number of H-pyrrole nitrogens is 1. The van der Waals surface area contributed by atoms with Crippen LogP contribution in [0.2, 0.25) is 0 Å². The summed E-state index contributed by atoms with van der Waals surface area (Å²) in [6, 6.07) is 8.52. The first-order valence-electron chi connectivity index (χ1n) is 11.9. The quantitative estimate of drug-likeness (QED) is 0.400. The Morgan fingerprint density at radius 2 is 1.91 bits per heavy atom. The van der Waals surface area contributed by atoms with Crippen LogP contribution in [0.3, 0.4) is 0 Å². The monoisotopic (exact) mass is 470 g/mol. The molecule has 0 fully saturated rings. The van der Waals surface area contributed by atoms with E-state index in [2.05, 4.69) is 78.9 Å². The fourth-order valence-corrected chi connectivity index (χ4v) is 4.85. The highest BCUT2D eigenvalue weighted by Gasteiger charge is 2.34. The Hall–Kier alpha value is -3.62. The van der Waals surface area contributed by atoms with Gasteiger partial charge in [-0.3, -0.25) is 0 Å². The van der Waals surface area contributed by atoms with Gasteiger partial charge in [-0.15, -0.1) is 0 Å². The van der Waals surface area contributed by atoms with Crippen LogP contribution in [0.5, 0.6) is 0 Å². The molecule has 0 radical (unpaired) electrons. The average molecular weight is 471 g/mol. The average Bonchev–Trinajstić information content (AvgIpc) is 3.41. The number of likely N-dealkylation sites (N-methyl/N-ethyl adjacent to an activating group) is 2. The summed E-state index contributed by atoms with van der Waals surface area (Å²) in [6.07, 6.45) is 8.48. The molecule has 0 spiro atoms. The van der Waals surface area contributed by atoms with E-state index in [9.17, 15) is 0 Å². The summed E-state index contributed by atoms with van der Waals surface area (Å²) in [5.41, 5.74) is 19.4. The zero-order chi connectivity index (χ0) is 24.9. The minimum Gasteiger partial charge on any atom is -0.400 e. The van der Waals surface area contributed by atoms with Gasteiger partial charge >= 0.3 is 0 Å². The van der Waals surface area contributed by atoms with Crippen molar-refractivity contribution in [2.45, 2.75) is 18.9 Å². The van der Waals surface area contributed by atoms with Gasteiger partial charge in [0.1, 0.15) is 11.2 Å². The zero-order valence-corrected chi connectivity index (χ0v) is 21.1. The van der Waals surface area contributed by atoms with Crippen molar-refractivity contribution >= 4 is 21.9 Å². The molecule has 182 valence electrons. The van der Waals surface area contributed by atoms with Crippen molar-refractivity contribution < 1.29 is 0 Å². The number of nitrogens with one attached hydrogen (secondary N) is 1. The first-order valence-corrected chi connectivity index (χ1v) is 11.9. The third-order valence-corrected chi connectivity index (χ3v) is 6.88. The highest BCUT2D eigenvalue weighted by molar-refractivity contribution is 6.02. The maximum absolute atomic E-state index is 6.93. The van der Waals surface area contributed by atoms with E-state index in [1.165, 1.54) is 5.56 Å². The summed E-state index contributed by atoms with van der Waals surface area (Å²) >= 11 is 0. The molecule has 8 heteroatoms. The van der Waals surface area contributed by atoms with Crippen molar-refractivity contribution in [1.82, 2.24) is 29.3 Å². The van der Waals surface area contributed by atoms with Crippen LogP contribution in [0.4, 0.5) is 0 Å². The molecule has 35 heavy (non-hydrogen) atoms. The minimum absolute atomic E-state index is 0.450. The van der Waals surface area contributed by atoms with Crippen LogP contribution < -0.4 is 11.5 Å². The van der Waals surface area contributed by atoms with Crippen molar-refractivity contribution in [3.63, 3.8) is 0 Å². The van der Waals surface area contributed by atoms with Crippen LogP contribution in [-0.4, -0.2) is 63.6 Å². The SMILES string of the molecule is Cc1ccc2c(c1)c(-c1nc(C3(N)C=CC(N(C)CCN(C)C)=C(N)C3)nc3[nH]ccc13)cn2C. The number of nitrogens with zero attached hydrogens (tertiary/aromatic N) is 5. The summed E-state index contributed by atoms with van der Waals surface area (Å²) in [7, 11) is 8.25. The van der Waals surface area contributed by atoms with Crippen LogP contribution in [0.15, 0.2) is 60.2 Å². The molecule has 5 rings (SSSR count). The van der Waals surface area contributed by atoms with E-state index >= 15 is 0 Å². The van der Waals surface area contributed by atoms with Crippen LogP contribution >= 0.6 is 0 Å². The number of rotatable bonds is 6. The van der Waals surface area contributed by atoms with Gasteiger partial charge < -0.3 is 30.8 Å². The van der Waals surface area contributed by atoms with Crippen LogP contribution in [0, 0.1) is 6.92 Å². The molecule has 0 saturated carbocycles. The van der Waals surface area contributed by atoms with Crippen molar-refractivity contribution in [2.75, 3.05) is 34.2 Å². The minimum atomic E-state index is -0.898. The number of allylic oxidation sites excluding steroid dienone is 1. The highest BCUT2D eigenvalue weighted by atomic mass is 15.2. The normalized spacial score (nSPS) is 18.4. The highest BCUT2D eigenvalue weighted by Crippen LogP contribution is 2.37. The molecule has 1 aliphatic rings. The fourth-order valence-electron chi connectivity index (χ4n) is 4.85. The van der Waals surface area contributed by atoms with E-state index in [4.69, 9.17) is 21.4 Å². The second-order valence-electron chi connectivity index (χ2n) is 10.00. The fraction of sp³-hybridized carbons (Fsp3) is 0.333. The molecule has 8 nitrogen and oxygen atoms in total. The van der Waals surface area contributed by atoms with Crippen molar-refractivity contribution in [3.05, 3.63) is 71.6 Å². The standard InChI is InChI=1S/C27H34N8/c1-17-6-7-22-19(14-17)20(16-35(22)5)24-18-9-11-30-25(18)32-26(31-24)27(29)10-8-23(21(28)15-27)34(4)13-12-33(2)3/h6-11,14,16H,12-13,15,28-29H2,1-5H3,(H,30,31,32). The predicted octanol–water partition coefficient (Wildman–Crippen LogP) is 3.20. The molecule has 4 aromatic rings. The topological polar surface area (TPSA) is 105 Å². The Bertz CT molecular complexity index is 1470. The first kappa shape index (κ1) is 23.1. The van der Waals surface area contributed by atoms with E-state index in [0.717, 1.165) is 57.7 Å². The first-order chi connectivity index (χ1) is 16.7. The predicted molar refractivity (Wildman–Crippen MR) is 143 cm³/mol. The second-order valence-corrected chi connectivity index (χ2v) is 10.00. The molecular weight excluding hydrogens is 436 g/mol. The Balaban J connectivity index is 1.58. The summed E-state index contributed by atoms with van der Waals surface area (Å²) < 4.78 is 2.14. The molecule has 1 unspecified atom stereocenters. The van der Waals surface area contributed by atoms with E-state index in [0.29, 0.717) is 12.2 Å². The van der Waals surface area contributed by atoms with E-state index in [-0.39, 0.29) is 0 Å². The summed E-state index contributed by atoms with van der Waals surface area (Å²) in [5, 5.41) is 2.13. The van der Waals surface area contributed by atoms with Crippen LogP contribution in [0.1, 0.15) is 17.8 Å². The van der Waals surface area contributed by atoms with Crippen molar-refractivity contribution in [2.24, 2.45) is 18.5 Å². The number of aromatic nitrogens is 4. The lowest BCUT2D eigenvalue weighted by atomic mass is 9.87. The number of nitrogens with two attached hydrogens (primary N) is 2. The van der Waals surface area contributed by atoms with Gasteiger partial charge in [-0.1, -0.05) is 17.7 Å². The molecule has 3 aromatic heterocycles. The largest absolute Gasteiger partial charge is 0.400 e. The van der Waals surface area contributed by atoms with Gasteiger partial charge in [-0.05, 0) is 45.3 Å². The molecule has 5 N–H and O–H groups in total. The van der Waals surface area contributed by atoms with Gasteiger partial charge in [0, 0.05) is 73.5 Å². The van der Waals surface area contributed by atoms with Gasteiger partial charge in [0.25, 0.3) is 0 Å². The lowest BCUT2D eigenvalue weighted by Gasteiger charge is -2.33. The Kier molecular flexibility index (Phi) is 5.65. The van der Waals surface area contributed by atoms with Gasteiger partial charge in [0.15, 0.2) is 5.82 Å². The zero-order valence-electron chi connectivity index (χ0n) is 21.1. The lowest BCUT2D eigenvalue weighted by molar-refractivity contribution is 0.325. The molecule has 0 amide bonds. The maximum atomic E-state index is 6.93. The molecule has 1 atom stereocenters. The smallest absolute Gasteiger partial charge is 0.155 e. The number of aryl methyl sites for hydroxylation is 2. The maximum Gasteiger partial charge on any atom is 0.155 e. The molecule has 0 saturated heterocycles. The summed E-state index contributed by atoms with van der Waals surface area (Å²) in [6.45, 7) is 3.92. The van der Waals surface area contributed by atoms with Crippen LogP contribution in [0.25, 0.3) is 33.2 Å². The lowest BCUT2D eigenvalue weighted by Crippen LogP contribution is -2.41. The molecule has 1 aliphatic carbocycles. The number of benzene rings is 1. The Morgan fingerprint density at radius 1 is 1.11 bits per heavy atom. The number of hydrogen-bond donors (Lipinski definition) is 3. The van der Waals surface area contributed by atoms with E-state index in [1.807, 2.05) is 24.4 Å². The van der Waals surface area contributed by atoms with E-state index < -0.39 is 5.54 Å². The molecular formula is C27H34N8. The third-order valence-electron chi connectivity index (χ3n) is 6.88. The third kappa shape index (κ3) is 4.09. The van der Waals surface area contributed by atoms with Gasteiger partial charge in [0.05, 0.1) is 11.4 Å². The summed E-state index contributed by atoms with van der Waals surface area (Å²) in [5.74, 6) is 0.557. The van der Waals surface area contributed by atoms with E-state index in [1.54, 1.807) is 0 Å². The summed E-state index contributed by atoms with van der Waals surface area (Å²) in [4.78, 5) is 17.5. The van der Waals surface area contributed by atoms with Gasteiger partial charge in [0.2, 0.25) is 0 Å². The van der Waals surface area contributed by atoms with Crippen LogP contribution in [-0.2, 0) is 12.6 Å². The molecule has 0 aliphatic heterocycles. The Morgan fingerprint density at radius 3 is 2.66 bits per heavy atom. The van der Waals surface area contributed by atoms with Gasteiger partial charge in [-0.2, -0.15) is 0 Å². The number of hydrogen-bond acceptors (Lipinski definition) is 6. The molecule has 0 bridgehead atoms. The number of fused-ring (bicyclic) bond motifs is 2. The van der Waals surface area contributed by atoms with Crippen molar-refractivity contribution in [3.8, 4) is 11.3 Å².